The van der Waals surface area contributed by atoms with Gasteiger partial charge in [-0.3, -0.25) is 14.4 Å². The summed E-state index contributed by atoms with van der Waals surface area (Å²) in [4.78, 5) is 37.7. The summed E-state index contributed by atoms with van der Waals surface area (Å²) in [6.07, 6.45) is -4.98. The van der Waals surface area contributed by atoms with Crippen LogP contribution in [0.15, 0.2) is 48.5 Å². The standard InChI is InChI=1S/C20H14F4O3/c21-15-8-4-2-5-11(15)12-9-10-16(25)17(18(12)26)19(27)13-6-1-3-7-14(13)20(22,23)24/h1-8,12,17H,9-10H2. The Kier molecular flexibility index (Phi) is 4.95. The van der Waals surface area contributed by atoms with Crippen LogP contribution in [0.1, 0.15) is 40.2 Å². The van der Waals surface area contributed by atoms with Gasteiger partial charge in [0.2, 0.25) is 0 Å². The fourth-order valence-electron chi connectivity index (χ4n) is 3.38. The normalized spacial score (nSPS) is 20.6. The van der Waals surface area contributed by atoms with Crippen molar-refractivity contribution in [1.29, 1.82) is 0 Å². The number of rotatable bonds is 3. The van der Waals surface area contributed by atoms with E-state index in [1.165, 1.54) is 24.3 Å². The maximum atomic E-state index is 14.0. The number of hydrogen-bond donors (Lipinski definition) is 0. The molecule has 0 heterocycles. The van der Waals surface area contributed by atoms with Crippen LogP contribution in [0.3, 0.4) is 0 Å². The van der Waals surface area contributed by atoms with Crippen LogP contribution in [0.2, 0.25) is 0 Å². The van der Waals surface area contributed by atoms with Gasteiger partial charge in [0.1, 0.15) is 11.7 Å². The molecule has 0 bridgehead atoms. The third-order valence-corrected chi connectivity index (χ3v) is 4.67. The summed E-state index contributed by atoms with van der Waals surface area (Å²) in [7, 11) is 0. The molecule has 1 aliphatic rings. The zero-order valence-electron chi connectivity index (χ0n) is 13.9. The van der Waals surface area contributed by atoms with E-state index < -0.39 is 52.3 Å². The lowest BCUT2D eigenvalue weighted by Crippen LogP contribution is -2.40. The Morgan fingerprint density at radius 1 is 0.963 bits per heavy atom. The highest BCUT2D eigenvalue weighted by molar-refractivity contribution is 6.26. The molecule has 3 rings (SSSR count). The first-order chi connectivity index (χ1) is 12.7. The maximum Gasteiger partial charge on any atom is 0.417 e. The second kappa shape index (κ2) is 7.06. The van der Waals surface area contributed by atoms with Crippen LogP contribution in [0.25, 0.3) is 0 Å². The van der Waals surface area contributed by atoms with Crippen molar-refractivity contribution in [3.8, 4) is 0 Å². The van der Waals surface area contributed by atoms with Crippen LogP contribution < -0.4 is 0 Å². The SMILES string of the molecule is O=C1CCC(c2ccccc2F)C(=O)C1C(=O)c1ccccc1C(F)(F)F. The van der Waals surface area contributed by atoms with E-state index in [-0.39, 0.29) is 18.4 Å². The fourth-order valence-corrected chi connectivity index (χ4v) is 3.38. The van der Waals surface area contributed by atoms with Gasteiger partial charge in [0.15, 0.2) is 17.3 Å². The number of halogens is 4. The summed E-state index contributed by atoms with van der Waals surface area (Å²) < 4.78 is 53.6. The average molecular weight is 378 g/mol. The van der Waals surface area contributed by atoms with Gasteiger partial charge in [0.25, 0.3) is 0 Å². The number of benzene rings is 2. The Hall–Kier alpha value is -2.83. The molecule has 0 radical (unpaired) electrons. The summed E-state index contributed by atoms with van der Waals surface area (Å²) in [5, 5.41) is 0. The lowest BCUT2D eigenvalue weighted by Gasteiger charge is -2.27. The molecule has 0 spiro atoms. The minimum atomic E-state index is -4.81. The molecule has 27 heavy (non-hydrogen) atoms. The number of alkyl halides is 3. The van der Waals surface area contributed by atoms with Gasteiger partial charge in [-0.1, -0.05) is 36.4 Å². The van der Waals surface area contributed by atoms with E-state index >= 15 is 0 Å². The molecule has 0 amide bonds. The average Bonchev–Trinajstić information content (AvgIpc) is 2.62. The van der Waals surface area contributed by atoms with Gasteiger partial charge in [0.05, 0.1) is 5.56 Å². The zero-order valence-corrected chi connectivity index (χ0v) is 13.9. The molecule has 0 aromatic heterocycles. The van der Waals surface area contributed by atoms with E-state index in [2.05, 4.69) is 0 Å². The molecule has 2 aromatic rings. The number of carbonyl (C=O) groups excluding carboxylic acids is 3. The first kappa shape index (κ1) is 18.9. The molecule has 7 heteroatoms. The molecule has 0 aliphatic heterocycles. The van der Waals surface area contributed by atoms with Gasteiger partial charge >= 0.3 is 6.18 Å². The van der Waals surface area contributed by atoms with Crippen LogP contribution >= 0.6 is 0 Å². The van der Waals surface area contributed by atoms with Crippen molar-refractivity contribution in [1.82, 2.24) is 0 Å². The second-order valence-corrected chi connectivity index (χ2v) is 6.32. The van der Waals surface area contributed by atoms with Crippen molar-refractivity contribution in [2.75, 3.05) is 0 Å². The fraction of sp³-hybridized carbons (Fsp3) is 0.250. The van der Waals surface area contributed by atoms with Gasteiger partial charge in [-0.2, -0.15) is 13.2 Å². The summed E-state index contributed by atoms with van der Waals surface area (Å²) >= 11 is 0. The van der Waals surface area contributed by atoms with E-state index in [4.69, 9.17) is 0 Å². The second-order valence-electron chi connectivity index (χ2n) is 6.32. The van der Waals surface area contributed by atoms with Crippen LogP contribution in [0.5, 0.6) is 0 Å². The lowest BCUT2D eigenvalue weighted by molar-refractivity contribution is -0.139. The number of ketones is 3. The quantitative estimate of drug-likeness (QED) is 0.453. The molecular formula is C20H14F4O3. The number of hydrogen-bond acceptors (Lipinski definition) is 3. The minimum absolute atomic E-state index is 0.0172. The van der Waals surface area contributed by atoms with Crippen LogP contribution in [-0.4, -0.2) is 17.3 Å². The largest absolute Gasteiger partial charge is 0.417 e. The van der Waals surface area contributed by atoms with Crippen molar-refractivity contribution in [2.45, 2.75) is 24.9 Å². The molecule has 2 aromatic carbocycles. The van der Waals surface area contributed by atoms with Crippen LogP contribution in [-0.2, 0) is 15.8 Å². The molecule has 0 saturated heterocycles. The zero-order chi connectivity index (χ0) is 19.8. The van der Waals surface area contributed by atoms with Gasteiger partial charge in [-0.05, 0) is 24.1 Å². The highest BCUT2D eigenvalue weighted by Gasteiger charge is 2.45. The third-order valence-electron chi connectivity index (χ3n) is 4.67. The molecule has 2 unspecified atom stereocenters. The predicted octanol–water partition coefficient (Wildman–Crippen LogP) is 4.36. The Labute approximate surface area is 152 Å². The van der Waals surface area contributed by atoms with Crippen LogP contribution in [0.4, 0.5) is 17.6 Å². The number of Topliss-reactive ketones (excluding diaryl/α,β-unsaturated/α-hetero) is 3. The summed E-state index contributed by atoms with van der Waals surface area (Å²) in [5.41, 5.74) is -1.90. The van der Waals surface area contributed by atoms with E-state index in [1.54, 1.807) is 0 Å². The topological polar surface area (TPSA) is 51.2 Å². The van der Waals surface area contributed by atoms with Crippen molar-refractivity contribution >= 4 is 17.3 Å². The van der Waals surface area contributed by atoms with Gasteiger partial charge < -0.3 is 0 Å². The molecule has 1 fully saturated rings. The smallest absolute Gasteiger partial charge is 0.298 e. The Morgan fingerprint density at radius 3 is 2.26 bits per heavy atom. The Morgan fingerprint density at radius 2 is 1.59 bits per heavy atom. The highest BCUT2D eigenvalue weighted by Crippen LogP contribution is 2.37. The number of carbonyl (C=O) groups is 3. The van der Waals surface area contributed by atoms with Gasteiger partial charge in [0, 0.05) is 17.9 Å². The molecule has 0 N–H and O–H groups in total. The molecule has 3 nitrogen and oxygen atoms in total. The lowest BCUT2D eigenvalue weighted by atomic mass is 9.73. The Balaban J connectivity index is 2.01. The van der Waals surface area contributed by atoms with Gasteiger partial charge in [-0.15, -0.1) is 0 Å². The first-order valence-corrected chi connectivity index (χ1v) is 8.23. The van der Waals surface area contributed by atoms with Gasteiger partial charge in [-0.25, -0.2) is 4.39 Å². The molecule has 2 atom stereocenters. The summed E-state index contributed by atoms with van der Waals surface area (Å²) in [6.45, 7) is 0. The monoisotopic (exact) mass is 378 g/mol. The maximum absolute atomic E-state index is 14.0. The van der Waals surface area contributed by atoms with Crippen molar-refractivity contribution < 1.29 is 31.9 Å². The van der Waals surface area contributed by atoms with E-state index in [9.17, 15) is 31.9 Å². The highest BCUT2D eigenvalue weighted by atomic mass is 19.4. The van der Waals surface area contributed by atoms with Crippen molar-refractivity contribution in [3.63, 3.8) is 0 Å². The molecule has 140 valence electrons. The van der Waals surface area contributed by atoms with E-state index in [0.29, 0.717) is 0 Å². The van der Waals surface area contributed by atoms with E-state index in [0.717, 1.165) is 24.3 Å². The minimum Gasteiger partial charge on any atom is -0.298 e. The summed E-state index contributed by atoms with van der Waals surface area (Å²) in [6, 6.07) is 9.48. The third kappa shape index (κ3) is 3.54. The molecule has 1 aliphatic carbocycles. The Bertz CT molecular complexity index is 917. The molecule has 1 saturated carbocycles. The van der Waals surface area contributed by atoms with Crippen molar-refractivity contribution in [3.05, 3.63) is 71.0 Å². The predicted molar refractivity (Wildman–Crippen MR) is 87.7 cm³/mol. The first-order valence-electron chi connectivity index (χ1n) is 8.23. The summed E-state index contributed by atoms with van der Waals surface area (Å²) in [5.74, 6) is -6.36. The molecular weight excluding hydrogens is 364 g/mol. The van der Waals surface area contributed by atoms with Crippen LogP contribution in [0, 0.1) is 11.7 Å². The van der Waals surface area contributed by atoms with E-state index in [1.807, 2.05) is 0 Å². The van der Waals surface area contributed by atoms with Crippen molar-refractivity contribution in [2.24, 2.45) is 5.92 Å².